The molecule has 1 aliphatic rings. The molecule has 0 aliphatic carbocycles. The summed E-state index contributed by atoms with van der Waals surface area (Å²) in [5.41, 5.74) is 0. The van der Waals surface area contributed by atoms with E-state index in [0.717, 1.165) is 25.9 Å². The predicted molar refractivity (Wildman–Crippen MR) is 57.9 cm³/mol. The number of hydrogen-bond acceptors (Lipinski definition) is 3. The van der Waals surface area contributed by atoms with Gasteiger partial charge in [-0.2, -0.15) is 0 Å². The van der Waals surface area contributed by atoms with E-state index in [1.807, 2.05) is 6.92 Å². The molecule has 1 saturated heterocycles. The zero-order chi connectivity index (χ0) is 11.3. The highest BCUT2D eigenvalue weighted by Gasteiger charge is 2.27. The number of carbonyl (C=O) groups is 1. The van der Waals surface area contributed by atoms with Crippen LogP contribution in [-0.2, 0) is 9.53 Å². The fraction of sp³-hybridized carbons (Fsp3) is 0.909. The van der Waals surface area contributed by atoms with E-state index in [-0.39, 0.29) is 12.5 Å². The van der Waals surface area contributed by atoms with Crippen LogP contribution in [0.5, 0.6) is 0 Å². The molecule has 2 unspecified atom stereocenters. The molecule has 4 nitrogen and oxygen atoms in total. The first-order chi connectivity index (χ1) is 7.13. The molecule has 1 heterocycles. The Labute approximate surface area is 91.2 Å². The maximum Gasteiger partial charge on any atom is 0.305 e. The summed E-state index contributed by atoms with van der Waals surface area (Å²) in [7, 11) is 2.08. The van der Waals surface area contributed by atoms with Crippen molar-refractivity contribution in [3.63, 3.8) is 0 Å². The van der Waals surface area contributed by atoms with Gasteiger partial charge in [-0.15, -0.1) is 0 Å². The maximum atomic E-state index is 10.7. The monoisotopic (exact) mass is 215 g/mol. The molecule has 15 heavy (non-hydrogen) atoms. The minimum Gasteiger partial charge on any atom is -0.481 e. The minimum atomic E-state index is -0.762. The molecule has 0 aromatic rings. The summed E-state index contributed by atoms with van der Waals surface area (Å²) >= 11 is 0. The first-order valence-electron chi connectivity index (χ1n) is 5.65. The lowest BCUT2D eigenvalue weighted by Crippen LogP contribution is -2.40. The van der Waals surface area contributed by atoms with E-state index in [4.69, 9.17) is 9.84 Å². The van der Waals surface area contributed by atoms with E-state index in [1.54, 1.807) is 0 Å². The fourth-order valence-electron chi connectivity index (χ4n) is 2.26. The van der Waals surface area contributed by atoms with Gasteiger partial charge in [0.15, 0.2) is 0 Å². The van der Waals surface area contributed by atoms with Gasteiger partial charge in [0, 0.05) is 13.2 Å². The minimum absolute atomic E-state index is 0.116. The molecule has 0 spiro atoms. The van der Waals surface area contributed by atoms with Crippen molar-refractivity contribution in [1.29, 1.82) is 0 Å². The Morgan fingerprint density at radius 1 is 1.67 bits per heavy atom. The Kier molecular flexibility index (Phi) is 5.05. The third-order valence-corrected chi connectivity index (χ3v) is 2.94. The molecule has 0 bridgehead atoms. The van der Waals surface area contributed by atoms with E-state index in [1.165, 1.54) is 0 Å². The second-order valence-electron chi connectivity index (χ2n) is 4.26. The number of carboxylic acid groups (broad SMARTS) is 1. The largest absolute Gasteiger partial charge is 0.481 e. The Balaban J connectivity index is 2.49. The van der Waals surface area contributed by atoms with Crippen molar-refractivity contribution in [2.45, 2.75) is 32.3 Å². The van der Waals surface area contributed by atoms with E-state index >= 15 is 0 Å². The van der Waals surface area contributed by atoms with Crippen molar-refractivity contribution >= 4 is 5.97 Å². The van der Waals surface area contributed by atoms with Gasteiger partial charge in [0.25, 0.3) is 0 Å². The summed E-state index contributed by atoms with van der Waals surface area (Å²) in [5, 5.41) is 8.81. The standard InChI is InChI=1S/C11H21NO3/c1-3-15-10(7-11(13)14)9-5-4-6-12(2)8-9/h9-10H,3-8H2,1-2H3,(H,13,14). The van der Waals surface area contributed by atoms with Crippen LogP contribution in [0, 0.1) is 5.92 Å². The molecule has 0 saturated carbocycles. The van der Waals surface area contributed by atoms with Gasteiger partial charge < -0.3 is 14.7 Å². The van der Waals surface area contributed by atoms with Crippen molar-refractivity contribution in [2.24, 2.45) is 5.92 Å². The number of rotatable bonds is 5. The number of nitrogens with zero attached hydrogens (tertiary/aromatic N) is 1. The second-order valence-corrected chi connectivity index (χ2v) is 4.26. The molecule has 0 amide bonds. The number of carboxylic acids is 1. The van der Waals surface area contributed by atoms with Crippen molar-refractivity contribution in [1.82, 2.24) is 4.90 Å². The van der Waals surface area contributed by atoms with Crippen LogP contribution in [0.25, 0.3) is 0 Å². The summed E-state index contributed by atoms with van der Waals surface area (Å²) < 4.78 is 5.53. The summed E-state index contributed by atoms with van der Waals surface area (Å²) in [6.07, 6.45) is 2.24. The highest BCUT2D eigenvalue weighted by molar-refractivity contribution is 5.67. The smallest absolute Gasteiger partial charge is 0.305 e. The van der Waals surface area contributed by atoms with Crippen molar-refractivity contribution < 1.29 is 14.6 Å². The molecule has 2 atom stereocenters. The zero-order valence-electron chi connectivity index (χ0n) is 9.61. The highest BCUT2D eigenvalue weighted by atomic mass is 16.5. The SMILES string of the molecule is CCOC(CC(=O)O)C1CCCN(C)C1. The number of likely N-dealkylation sites (tertiary alicyclic amines) is 1. The highest BCUT2D eigenvalue weighted by Crippen LogP contribution is 2.22. The molecule has 0 radical (unpaired) electrons. The zero-order valence-corrected chi connectivity index (χ0v) is 9.61. The van der Waals surface area contributed by atoms with E-state index in [0.29, 0.717) is 12.5 Å². The van der Waals surface area contributed by atoms with Crippen LogP contribution in [0.4, 0.5) is 0 Å². The number of hydrogen-bond donors (Lipinski definition) is 1. The van der Waals surface area contributed by atoms with Crippen LogP contribution in [0.3, 0.4) is 0 Å². The molecule has 0 aromatic carbocycles. The van der Waals surface area contributed by atoms with E-state index in [9.17, 15) is 4.79 Å². The fourth-order valence-corrected chi connectivity index (χ4v) is 2.26. The molecule has 1 rings (SSSR count). The number of piperidine rings is 1. The van der Waals surface area contributed by atoms with Crippen LogP contribution in [0.1, 0.15) is 26.2 Å². The lowest BCUT2D eigenvalue weighted by atomic mass is 9.91. The lowest BCUT2D eigenvalue weighted by molar-refractivity contribution is -0.141. The number of aliphatic carboxylic acids is 1. The molecule has 4 heteroatoms. The first-order valence-corrected chi connectivity index (χ1v) is 5.65. The summed E-state index contributed by atoms with van der Waals surface area (Å²) in [4.78, 5) is 13.0. The Morgan fingerprint density at radius 3 is 2.93 bits per heavy atom. The van der Waals surface area contributed by atoms with Gasteiger partial charge in [0.05, 0.1) is 12.5 Å². The average molecular weight is 215 g/mol. The molecule has 0 aromatic heterocycles. The van der Waals surface area contributed by atoms with Crippen molar-refractivity contribution in [3.8, 4) is 0 Å². The van der Waals surface area contributed by atoms with Gasteiger partial charge in [-0.3, -0.25) is 4.79 Å². The maximum absolute atomic E-state index is 10.7. The van der Waals surface area contributed by atoms with Crippen LogP contribution in [-0.4, -0.2) is 48.8 Å². The summed E-state index contributed by atoms with van der Waals surface area (Å²) in [6.45, 7) is 4.58. The third kappa shape index (κ3) is 4.18. The first kappa shape index (κ1) is 12.5. The van der Waals surface area contributed by atoms with Crippen molar-refractivity contribution in [3.05, 3.63) is 0 Å². The molecule has 88 valence electrons. The molecular formula is C11H21NO3. The summed E-state index contributed by atoms with van der Waals surface area (Å²) in [5.74, 6) is -0.388. The van der Waals surface area contributed by atoms with Crippen molar-refractivity contribution in [2.75, 3.05) is 26.7 Å². The Hall–Kier alpha value is -0.610. The number of ether oxygens (including phenoxy) is 1. The lowest BCUT2D eigenvalue weighted by Gasteiger charge is -2.34. The van der Waals surface area contributed by atoms with Gasteiger partial charge >= 0.3 is 5.97 Å². The van der Waals surface area contributed by atoms with Gasteiger partial charge in [-0.05, 0) is 39.3 Å². The van der Waals surface area contributed by atoms with Crippen LogP contribution in [0.15, 0.2) is 0 Å². The predicted octanol–water partition coefficient (Wildman–Crippen LogP) is 1.21. The molecule has 1 fully saturated rings. The van der Waals surface area contributed by atoms with Crippen LogP contribution >= 0.6 is 0 Å². The molecule has 1 aliphatic heterocycles. The molecule has 1 N–H and O–H groups in total. The Bertz CT molecular complexity index is 208. The van der Waals surface area contributed by atoms with Gasteiger partial charge in [-0.1, -0.05) is 0 Å². The third-order valence-electron chi connectivity index (χ3n) is 2.94. The normalized spacial score (nSPS) is 25.1. The Morgan fingerprint density at radius 2 is 2.40 bits per heavy atom. The quantitative estimate of drug-likeness (QED) is 0.749. The molecular weight excluding hydrogens is 194 g/mol. The average Bonchev–Trinajstić information content (AvgIpc) is 2.16. The van der Waals surface area contributed by atoms with Crippen LogP contribution < -0.4 is 0 Å². The van der Waals surface area contributed by atoms with Gasteiger partial charge in [0.1, 0.15) is 0 Å². The second kappa shape index (κ2) is 6.08. The topological polar surface area (TPSA) is 49.8 Å². The van der Waals surface area contributed by atoms with Crippen LogP contribution in [0.2, 0.25) is 0 Å². The van der Waals surface area contributed by atoms with Gasteiger partial charge in [-0.25, -0.2) is 0 Å². The summed E-state index contributed by atoms with van der Waals surface area (Å²) in [6, 6.07) is 0. The van der Waals surface area contributed by atoms with E-state index < -0.39 is 5.97 Å². The van der Waals surface area contributed by atoms with Gasteiger partial charge in [0.2, 0.25) is 0 Å². The van der Waals surface area contributed by atoms with E-state index in [2.05, 4.69) is 11.9 Å².